The Morgan fingerprint density at radius 2 is 2.05 bits per heavy atom. The second-order valence-corrected chi connectivity index (χ2v) is 8.21. The largest absolute Gasteiger partial charge is 0.306 e. The molecular weight excluding hydrogens is 262 g/mol. The molecule has 0 radical (unpaired) electrons. The second-order valence-electron chi connectivity index (χ2n) is 5.74. The van der Waals surface area contributed by atoms with Crippen LogP contribution in [0.4, 0.5) is 0 Å². The van der Waals surface area contributed by atoms with Gasteiger partial charge in [0.1, 0.15) is 9.84 Å². The van der Waals surface area contributed by atoms with Crippen LogP contribution in [0.1, 0.15) is 39.8 Å². The van der Waals surface area contributed by atoms with Crippen molar-refractivity contribution in [1.82, 2.24) is 15.1 Å². The molecule has 19 heavy (non-hydrogen) atoms. The number of aryl methyl sites for hydroxylation is 1. The lowest BCUT2D eigenvalue weighted by molar-refractivity contribution is 0.411. The van der Waals surface area contributed by atoms with Gasteiger partial charge in [-0.3, -0.25) is 4.68 Å². The first kappa shape index (κ1) is 16.2. The summed E-state index contributed by atoms with van der Waals surface area (Å²) in [6.45, 7) is 9.41. The lowest BCUT2D eigenvalue weighted by Crippen LogP contribution is -2.35. The van der Waals surface area contributed by atoms with Crippen LogP contribution in [0, 0.1) is 0 Å². The summed E-state index contributed by atoms with van der Waals surface area (Å²) >= 11 is 0. The first-order valence-electron chi connectivity index (χ1n) is 6.69. The molecule has 6 heteroatoms. The van der Waals surface area contributed by atoms with Crippen molar-refractivity contribution in [3.05, 3.63) is 18.0 Å². The molecule has 0 fully saturated rings. The second kappa shape index (κ2) is 6.52. The number of nitrogens with one attached hydrogen (secondary N) is 1. The zero-order valence-electron chi connectivity index (χ0n) is 12.3. The maximum Gasteiger partial charge on any atom is 0.150 e. The van der Waals surface area contributed by atoms with Gasteiger partial charge in [0.05, 0.1) is 11.4 Å². The smallest absolute Gasteiger partial charge is 0.150 e. The van der Waals surface area contributed by atoms with Crippen molar-refractivity contribution in [2.24, 2.45) is 0 Å². The molecular formula is C13H25N3O2S. The predicted molar refractivity (Wildman–Crippen MR) is 77.8 cm³/mol. The van der Waals surface area contributed by atoms with Crippen LogP contribution in [0.2, 0.25) is 0 Å². The molecule has 1 aromatic rings. The molecule has 0 atom stereocenters. The number of sulfone groups is 1. The Morgan fingerprint density at radius 1 is 1.37 bits per heavy atom. The number of nitrogens with zero attached hydrogens (tertiary/aromatic N) is 2. The molecule has 0 saturated carbocycles. The van der Waals surface area contributed by atoms with Gasteiger partial charge in [-0.1, -0.05) is 6.92 Å². The molecule has 0 spiro atoms. The Morgan fingerprint density at radius 3 is 2.63 bits per heavy atom. The molecule has 5 nitrogen and oxygen atoms in total. The average Bonchev–Trinajstić information content (AvgIpc) is 2.73. The minimum atomic E-state index is -2.88. The molecule has 0 amide bonds. The van der Waals surface area contributed by atoms with Crippen LogP contribution in [0.5, 0.6) is 0 Å². The van der Waals surface area contributed by atoms with Crippen LogP contribution < -0.4 is 5.32 Å². The maximum atomic E-state index is 11.4. The highest BCUT2D eigenvalue weighted by molar-refractivity contribution is 7.91. The van der Waals surface area contributed by atoms with Gasteiger partial charge in [-0.2, -0.15) is 5.10 Å². The fourth-order valence-electron chi connectivity index (χ4n) is 1.65. The summed E-state index contributed by atoms with van der Waals surface area (Å²) < 4.78 is 24.7. The van der Waals surface area contributed by atoms with E-state index in [0.29, 0.717) is 13.0 Å². The van der Waals surface area contributed by atoms with Crippen molar-refractivity contribution in [2.45, 2.75) is 52.7 Å². The van der Waals surface area contributed by atoms with Crippen molar-refractivity contribution in [1.29, 1.82) is 0 Å². The van der Waals surface area contributed by atoms with Crippen molar-refractivity contribution in [2.75, 3.05) is 11.5 Å². The standard InChI is InChI=1S/C13H25N3O2S/c1-5-19(17,18)10-6-9-16-12(7-8-15-16)11-14-13(2,3)4/h7-8,14H,5-6,9-11H2,1-4H3. The van der Waals surface area contributed by atoms with Gasteiger partial charge in [-0.05, 0) is 33.3 Å². The molecule has 0 unspecified atom stereocenters. The lowest BCUT2D eigenvalue weighted by atomic mass is 10.1. The molecule has 1 heterocycles. The molecule has 1 rings (SSSR count). The van der Waals surface area contributed by atoms with Gasteiger partial charge in [-0.15, -0.1) is 0 Å². The van der Waals surface area contributed by atoms with Crippen LogP contribution in [0.15, 0.2) is 12.3 Å². The summed E-state index contributed by atoms with van der Waals surface area (Å²) in [7, 11) is -2.88. The zero-order valence-corrected chi connectivity index (χ0v) is 13.1. The van der Waals surface area contributed by atoms with Crippen LogP contribution in [0.3, 0.4) is 0 Å². The Kier molecular flexibility index (Phi) is 5.55. The van der Waals surface area contributed by atoms with Crippen LogP contribution in [-0.2, 0) is 22.9 Å². The van der Waals surface area contributed by atoms with Gasteiger partial charge >= 0.3 is 0 Å². The highest BCUT2D eigenvalue weighted by atomic mass is 32.2. The van der Waals surface area contributed by atoms with Gasteiger partial charge in [0.2, 0.25) is 0 Å². The summed E-state index contributed by atoms with van der Waals surface area (Å²) in [4.78, 5) is 0. The normalized spacial score (nSPS) is 12.8. The van der Waals surface area contributed by atoms with E-state index in [-0.39, 0.29) is 17.0 Å². The van der Waals surface area contributed by atoms with E-state index in [4.69, 9.17) is 0 Å². The minimum absolute atomic E-state index is 0.0562. The van der Waals surface area contributed by atoms with Crippen LogP contribution in [0.25, 0.3) is 0 Å². The van der Waals surface area contributed by atoms with Crippen LogP contribution >= 0.6 is 0 Å². The van der Waals surface area contributed by atoms with Crippen molar-refractivity contribution < 1.29 is 8.42 Å². The molecule has 0 bridgehead atoms. The summed E-state index contributed by atoms with van der Waals surface area (Å²) in [5.74, 6) is 0.444. The predicted octanol–water partition coefficient (Wildman–Crippen LogP) is 1.60. The molecule has 0 saturated heterocycles. The molecule has 1 N–H and O–H groups in total. The highest BCUT2D eigenvalue weighted by Crippen LogP contribution is 2.05. The van der Waals surface area contributed by atoms with Crippen molar-refractivity contribution >= 4 is 9.84 Å². The zero-order chi connectivity index (χ0) is 14.5. The van der Waals surface area contributed by atoms with Gasteiger partial charge < -0.3 is 5.32 Å². The first-order chi connectivity index (χ1) is 8.73. The first-order valence-corrected chi connectivity index (χ1v) is 8.52. The van der Waals surface area contributed by atoms with E-state index in [9.17, 15) is 8.42 Å². The topological polar surface area (TPSA) is 64.0 Å². The van der Waals surface area contributed by atoms with E-state index < -0.39 is 9.84 Å². The van der Waals surface area contributed by atoms with E-state index in [1.807, 2.05) is 10.7 Å². The number of aromatic nitrogens is 2. The molecule has 0 aliphatic carbocycles. The number of hydrogen-bond acceptors (Lipinski definition) is 4. The number of rotatable bonds is 7. The van der Waals surface area contributed by atoms with Gasteiger partial charge in [0, 0.05) is 30.6 Å². The van der Waals surface area contributed by atoms with E-state index in [1.54, 1.807) is 13.1 Å². The Balaban J connectivity index is 2.49. The quantitative estimate of drug-likeness (QED) is 0.827. The third-order valence-corrected chi connectivity index (χ3v) is 4.66. The van der Waals surface area contributed by atoms with Gasteiger partial charge in [0.25, 0.3) is 0 Å². The molecule has 0 aromatic carbocycles. The highest BCUT2D eigenvalue weighted by Gasteiger charge is 2.11. The summed E-state index contributed by atoms with van der Waals surface area (Å²) in [6, 6.07) is 1.97. The van der Waals surface area contributed by atoms with Crippen molar-refractivity contribution in [3.8, 4) is 0 Å². The van der Waals surface area contributed by atoms with Gasteiger partial charge in [0.15, 0.2) is 0 Å². The SMILES string of the molecule is CCS(=O)(=O)CCCn1nccc1CNC(C)(C)C. The minimum Gasteiger partial charge on any atom is -0.306 e. The Labute approximate surface area is 116 Å². The lowest BCUT2D eigenvalue weighted by Gasteiger charge is -2.20. The van der Waals surface area contributed by atoms with E-state index >= 15 is 0 Å². The Hall–Kier alpha value is -0.880. The summed E-state index contributed by atoms with van der Waals surface area (Å²) in [5.41, 5.74) is 1.14. The fourth-order valence-corrected chi connectivity index (χ4v) is 2.50. The van der Waals surface area contributed by atoms with Crippen LogP contribution in [-0.4, -0.2) is 35.2 Å². The van der Waals surface area contributed by atoms with E-state index in [2.05, 4.69) is 31.2 Å². The molecule has 0 aliphatic rings. The third kappa shape index (κ3) is 6.20. The molecule has 0 aliphatic heterocycles. The molecule has 110 valence electrons. The summed E-state index contributed by atoms with van der Waals surface area (Å²) in [5, 5.41) is 7.65. The fraction of sp³-hybridized carbons (Fsp3) is 0.769. The molecule has 1 aromatic heterocycles. The maximum absolute atomic E-state index is 11.4. The third-order valence-electron chi connectivity index (χ3n) is 2.87. The average molecular weight is 287 g/mol. The van der Waals surface area contributed by atoms with Gasteiger partial charge in [-0.25, -0.2) is 8.42 Å². The van der Waals surface area contributed by atoms with E-state index in [1.165, 1.54) is 0 Å². The monoisotopic (exact) mass is 287 g/mol. The van der Waals surface area contributed by atoms with E-state index in [0.717, 1.165) is 12.2 Å². The summed E-state index contributed by atoms with van der Waals surface area (Å²) in [6.07, 6.45) is 2.37. The van der Waals surface area contributed by atoms with Crippen molar-refractivity contribution in [3.63, 3.8) is 0 Å². The number of hydrogen-bond donors (Lipinski definition) is 1. The Bertz CT molecular complexity index is 486.